The van der Waals surface area contributed by atoms with Crippen LogP contribution in [-0.2, 0) is 32.0 Å². The quantitative estimate of drug-likeness (QED) is 0.230. The second kappa shape index (κ2) is 13.9. The van der Waals surface area contributed by atoms with Crippen molar-refractivity contribution in [3.05, 3.63) is 95.9 Å². The first-order chi connectivity index (χ1) is 21.7. The first kappa shape index (κ1) is 31.0. The van der Waals surface area contributed by atoms with Gasteiger partial charge in [-0.1, -0.05) is 48.5 Å². The molecule has 0 spiro atoms. The minimum atomic E-state index is -1.04. The van der Waals surface area contributed by atoms with E-state index < -0.39 is 47.7 Å². The predicted octanol–water partition coefficient (Wildman–Crippen LogP) is 1.37. The van der Waals surface area contributed by atoms with Gasteiger partial charge in [0, 0.05) is 62.5 Å². The minimum Gasteiger partial charge on any atom is -0.367 e. The monoisotopic (exact) mass is 611 g/mol. The average Bonchev–Trinajstić information content (AvgIpc) is 3.73. The van der Waals surface area contributed by atoms with Crippen molar-refractivity contribution in [1.29, 1.82) is 0 Å². The SMILES string of the molecule is C[C@H]1C(=O)N[C@@H](Cc2ccccc2)C(=O)NCCN(C(=O)c2cc[nH]c2)CC(=O)N[C@@H](Cc2c[nH]c3ccccc23)C(=O)N1C. The van der Waals surface area contributed by atoms with Crippen LogP contribution in [0.2, 0.25) is 0 Å². The van der Waals surface area contributed by atoms with Crippen molar-refractivity contribution < 1.29 is 24.0 Å². The fourth-order valence-corrected chi connectivity index (χ4v) is 5.43. The topological polar surface area (TPSA) is 160 Å². The number of nitrogens with one attached hydrogen (secondary N) is 5. The van der Waals surface area contributed by atoms with Gasteiger partial charge < -0.3 is 35.7 Å². The van der Waals surface area contributed by atoms with Crippen molar-refractivity contribution >= 4 is 40.4 Å². The summed E-state index contributed by atoms with van der Waals surface area (Å²) in [5, 5.41) is 9.35. The first-order valence-electron chi connectivity index (χ1n) is 14.9. The normalized spacial score (nSPS) is 20.6. The fraction of sp³-hybridized carbons (Fsp3) is 0.303. The number of hydrogen-bond acceptors (Lipinski definition) is 5. The number of carbonyl (C=O) groups excluding carboxylic acids is 5. The largest absolute Gasteiger partial charge is 0.367 e. The van der Waals surface area contributed by atoms with Gasteiger partial charge in [0.15, 0.2) is 0 Å². The highest BCUT2D eigenvalue weighted by Crippen LogP contribution is 2.20. The van der Waals surface area contributed by atoms with Gasteiger partial charge in [-0.05, 0) is 30.2 Å². The zero-order valence-electron chi connectivity index (χ0n) is 25.2. The number of carbonyl (C=O) groups is 5. The molecular weight excluding hydrogens is 574 g/mol. The Hall–Kier alpha value is -5.39. The van der Waals surface area contributed by atoms with Gasteiger partial charge in [-0.25, -0.2) is 0 Å². The molecule has 0 bridgehead atoms. The summed E-state index contributed by atoms with van der Waals surface area (Å²) in [6, 6.07) is 15.6. The molecule has 3 atom stereocenters. The molecular formula is C33H37N7O5. The summed E-state index contributed by atoms with van der Waals surface area (Å²) < 4.78 is 0. The van der Waals surface area contributed by atoms with Crippen LogP contribution in [0.25, 0.3) is 10.9 Å². The number of aromatic nitrogens is 2. The molecule has 0 radical (unpaired) electrons. The van der Waals surface area contributed by atoms with Gasteiger partial charge in [-0.15, -0.1) is 0 Å². The Kier molecular flexibility index (Phi) is 9.61. The third-order valence-corrected chi connectivity index (χ3v) is 8.10. The highest BCUT2D eigenvalue weighted by molar-refractivity contribution is 5.98. The van der Waals surface area contributed by atoms with E-state index in [1.807, 2.05) is 54.6 Å². The van der Waals surface area contributed by atoms with E-state index in [1.54, 1.807) is 25.4 Å². The predicted molar refractivity (Wildman–Crippen MR) is 168 cm³/mol. The number of benzene rings is 2. The smallest absolute Gasteiger partial charge is 0.255 e. The van der Waals surface area contributed by atoms with E-state index >= 15 is 0 Å². The highest BCUT2D eigenvalue weighted by atomic mass is 16.2. The summed E-state index contributed by atoms with van der Waals surface area (Å²) in [7, 11) is 1.49. The lowest BCUT2D eigenvalue weighted by molar-refractivity contribution is -0.142. The zero-order chi connectivity index (χ0) is 31.9. The number of fused-ring (bicyclic) bond motifs is 1. The lowest BCUT2D eigenvalue weighted by Gasteiger charge is -2.30. The summed E-state index contributed by atoms with van der Waals surface area (Å²) in [5.41, 5.74) is 2.88. The van der Waals surface area contributed by atoms with Gasteiger partial charge in [0.2, 0.25) is 23.6 Å². The molecule has 1 fully saturated rings. The molecule has 5 N–H and O–H groups in total. The number of likely N-dealkylation sites (N-methyl/N-ethyl adjacent to an activating group) is 1. The van der Waals surface area contributed by atoms with Gasteiger partial charge in [-0.2, -0.15) is 0 Å². The maximum Gasteiger partial charge on any atom is 0.255 e. The van der Waals surface area contributed by atoms with E-state index in [4.69, 9.17) is 0 Å². The number of aromatic amines is 2. The standard InChI is InChI=1S/C33H37N7O5/c1-21-30(42)38-27(16-22-8-4-3-5-9-22)31(43)35-14-15-40(32(44)23-12-13-34-18-23)20-29(41)37-28(33(45)39(21)2)17-24-19-36-26-11-7-6-10-25(24)26/h3-13,18-19,21,27-28,34,36H,14-17,20H2,1-2H3,(H,35,43)(H,37,41)(H,38,42)/t21-,27-,28-/m0/s1. The minimum absolute atomic E-state index is 0.0204. The van der Waals surface area contributed by atoms with Crippen LogP contribution < -0.4 is 16.0 Å². The van der Waals surface area contributed by atoms with Crippen molar-refractivity contribution in [1.82, 2.24) is 35.7 Å². The Morgan fingerprint density at radius 1 is 0.867 bits per heavy atom. The molecule has 45 heavy (non-hydrogen) atoms. The maximum absolute atomic E-state index is 13.9. The zero-order valence-corrected chi connectivity index (χ0v) is 25.2. The third kappa shape index (κ3) is 7.40. The van der Waals surface area contributed by atoms with Crippen molar-refractivity contribution in [2.24, 2.45) is 0 Å². The average molecular weight is 612 g/mol. The van der Waals surface area contributed by atoms with Crippen LogP contribution in [0.1, 0.15) is 28.4 Å². The number of nitrogens with zero attached hydrogens (tertiary/aromatic N) is 2. The van der Waals surface area contributed by atoms with Gasteiger partial charge in [0.25, 0.3) is 5.91 Å². The second-order valence-corrected chi connectivity index (χ2v) is 11.2. The Labute approximate surface area is 260 Å². The van der Waals surface area contributed by atoms with Crippen LogP contribution in [0.3, 0.4) is 0 Å². The van der Waals surface area contributed by atoms with E-state index in [0.717, 1.165) is 22.0 Å². The van der Waals surface area contributed by atoms with Gasteiger partial charge in [0.1, 0.15) is 18.1 Å². The lowest BCUT2D eigenvalue weighted by atomic mass is 10.0. The number of amides is 5. The number of hydrogen-bond donors (Lipinski definition) is 5. The molecule has 1 aliphatic rings. The highest BCUT2D eigenvalue weighted by Gasteiger charge is 2.33. The molecule has 12 heteroatoms. The molecule has 0 saturated carbocycles. The molecule has 4 aromatic rings. The number of rotatable bonds is 5. The molecule has 2 aromatic carbocycles. The number of H-pyrrole nitrogens is 2. The molecule has 0 unspecified atom stereocenters. The van der Waals surface area contributed by atoms with Crippen molar-refractivity contribution in [2.75, 3.05) is 26.7 Å². The van der Waals surface area contributed by atoms with Gasteiger partial charge >= 0.3 is 0 Å². The van der Waals surface area contributed by atoms with Crippen molar-refractivity contribution in [2.45, 2.75) is 37.9 Å². The van der Waals surface area contributed by atoms with Crippen LogP contribution in [0.15, 0.2) is 79.3 Å². The lowest BCUT2D eigenvalue weighted by Crippen LogP contribution is -2.57. The third-order valence-electron chi connectivity index (χ3n) is 8.10. The molecule has 0 aliphatic carbocycles. The summed E-state index contributed by atoms with van der Waals surface area (Å²) in [6.07, 6.45) is 5.29. The molecule has 234 valence electrons. The van der Waals surface area contributed by atoms with Crippen molar-refractivity contribution in [3.63, 3.8) is 0 Å². The molecule has 1 aliphatic heterocycles. The van der Waals surface area contributed by atoms with Gasteiger partial charge in [-0.3, -0.25) is 24.0 Å². The fourth-order valence-electron chi connectivity index (χ4n) is 5.43. The van der Waals surface area contributed by atoms with E-state index in [0.29, 0.717) is 5.56 Å². The second-order valence-electron chi connectivity index (χ2n) is 11.2. The Balaban J connectivity index is 1.46. The van der Waals surface area contributed by atoms with Crippen LogP contribution in [-0.4, -0.2) is 94.1 Å². The van der Waals surface area contributed by atoms with Crippen LogP contribution in [0, 0.1) is 0 Å². The summed E-state index contributed by atoms with van der Waals surface area (Å²) in [4.78, 5) is 76.2. The van der Waals surface area contributed by atoms with E-state index in [2.05, 4.69) is 25.9 Å². The Morgan fingerprint density at radius 3 is 2.38 bits per heavy atom. The van der Waals surface area contributed by atoms with E-state index in [-0.39, 0.29) is 32.5 Å². The molecule has 12 nitrogen and oxygen atoms in total. The summed E-state index contributed by atoms with van der Waals surface area (Å²) >= 11 is 0. The summed E-state index contributed by atoms with van der Waals surface area (Å²) in [5.74, 6) is -2.41. The van der Waals surface area contributed by atoms with Crippen LogP contribution >= 0.6 is 0 Å². The molecule has 1 saturated heterocycles. The van der Waals surface area contributed by atoms with Crippen LogP contribution in [0.4, 0.5) is 0 Å². The Morgan fingerprint density at radius 2 is 1.62 bits per heavy atom. The molecule has 5 amide bonds. The Bertz CT molecular complexity index is 1670. The molecule has 2 aromatic heterocycles. The molecule has 5 rings (SSSR count). The van der Waals surface area contributed by atoms with Crippen molar-refractivity contribution in [3.8, 4) is 0 Å². The number of para-hydroxylation sites is 1. The maximum atomic E-state index is 13.9. The van der Waals surface area contributed by atoms with Gasteiger partial charge in [0.05, 0.1) is 12.1 Å². The summed E-state index contributed by atoms with van der Waals surface area (Å²) in [6.45, 7) is 1.29. The first-order valence-corrected chi connectivity index (χ1v) is 14.9. The van der Waals surface area contributed by atoms with E-state index in [1.165, 1.54) is 23.0 Å². The molecule has 3 heterocycles. The van der Waals surface area contributed by atoms with E-state index in [9.17, 15) is 24.0 Å². The van der Waals surface area contributed by atoms with Crippen LogP contribution in [0.5, 0.6) is 0 Å².